The van der Waals surface area contributed by atoms with E-state index in [1.165, 1.54) is 0 Å². The van der Waals surface area contributed by atoms with E-state index in [2.05, 4.69) is 4.98 Å². The van der Waals surface area contributed by atoms with Gasteiger partial charge in [-0.05, 0) is 17.7 Å². The van der Waals surface area contributed by atoms with E-state index < -0.39 is 12.2 Å². The molecule has 1 heterocycles. The summed E-state index contributed by atoms with van der Waals surface area (Å²) in [7, 11) is 0. The van der Waals surface area contributed by atoms with E-state index in [9.17, 15) is 10.2 Å². The van der Waals surface area contributed by atoms with Crippen LogP contribution in [0.1, 0.15) is 11.7 Å². The summed E-state index contributed by atoms with van der Waals surface area (Å²) in [5.74, 6) is 0. The highest BCUT2D eigenvalue weighted by Gasteiger charge is 2.19. The molecule has 4 nitrogen and oxygen atoms in total. The van der Waals surface area contributed by atoms with Crippen LogP contribution in [-0.2, 0) is 0 Å². The van der Waals surface area contributed by atoms with Crippen LogP contribution in [0.3, 0.4) is 0 Å². The molecule has 0 saturated carbocycles. The first-order valence-corrected chi connectivity index (χ1v) is 4.56. The van der Waals surface area contributed by atoms with Gasteiger partial charge in [0.1, 0.15) is 6.10 Å². The van der Waals surface area contributed by atoms with Gasteiger partial charge in [-0.2, -0.15) is 5.26 Å². The van der Waals surface area contributed by atoms with Crippen molar-refractivity contribution in [1.29, 1.82) is 5.26 Å². The number of hydrogen-bond acceptors (Lipinski definition) is 3. The minimum atomic E-state index is -1.40. The first kappa shape index (κ1) is 9.71. The SMILES string of the molecule is N#CC(O)C(O)c1cccc2[nH]ccc12. The molecule has 0 saturated heterocycles. The monoisotopic (exact) mass is 202 g/mol. The van der Waals surface area contributed by atoms with Gasteiger partial charge < -0.3 is 15.2 Å². The van der Waals surface area contributed by atoms with Crippen LogP contribution < -0.4 is 0 Å². The van der Waals surface area contributed by atoms with Crippen molar-refractivity contribution < 1.29 is 10.2 Å². The zero-order valence-corrected chi connectivity index (χ0v) is 7.88. The van der Waals surface area contributed by atoms with Gasteiger partial charge in [-0.25, -0.2) is 0 Å². The molecule has 2 aromatic rings. The number of aliphatic hydroxyl groups is 2. The fraction of sp³-hybridized carbons (Fsp3) is 0.182. The van der Waals surface area contributed by atoms with Crippen molar-refractivity contribution in [3.63, 3.8) is 0 Å². The van der Waals surface area contributed by atoms with Gasteiger partial charge in [-0.15, -0.1) is 0 Å². The Morgan fingerprint density at radius 2 is 2.07 bits per heavy atom. The molecule has 0 radical (unpaired) electrons. The van der Waals surface area contributed by atoms with Crippen molar-refractivity contribution >= 4 is 10.9 Å². The van der Waals surface area contributed by atoms with Gasteiger partial charge in [0.15, 0.2) is 6.10 Å². The predicted octanol–water partition coefficient (Wildman–Crippen LogP) is 1.09. The minimum Gasteiger partial charge on any atom is -0.385 e. The van der Waals surface area contributed by atoms with Crippen molar-refractivity contribution in [3.8, 4) is 6.07 Å². The first-order chi connectivity index (χ1) is 7.24. The Labute approximate surface area is 86.4 Å². The average molecular weight is 202 g/mol. The highest BCUT2D eigenvalue weighted by atomic mass is 16.3. The summed E-state index contributed by atoms with van der Waals surface area (Å²) in [5.41, 5.74) is 1.43. The average Bonchev–Trinajstić information content (AvgIpc) is 2.74. The summed E-state index contributed by atoms with van der Waals surface area (Å²) < 4.78 is 0. The molecule has 3 N–H and O–H groups in total. The molecule has 76 valence electrons. The van der Waals surface area contributed by atoms with Gasteiger partial charge in [0.05, 0.1) is 6.07 Å². The van der Waals surface area contributed by atoms with Gasteiger partial charge in [0.2, 0.25) is 0 Å². The van der Waals surface area contributed by atoms with E-state index in [0.29, 0.717) is 5.56 Å². The van der Waals surface area contributed by atoms with Crippen LogP contribution in [0.4, 0.5) is 0 Å². The summed E-state index contributed by atoms with van der Waals surface area (Å²) >= 11 is 0. The molecular formula is C11H10N2O2. The molecule has 2 rings (SSSR count). The maximum absolute atomic E-state index is 9.72. The Bertz CT molecular complexity index is 513. The number of aromatic amines is 1. The molecule has 1 aromatic heterocycles. The smallest absolute Gasteiger partial charge is 0.170 e. The number of H-pyrrole nitrogens is 1. The number of fused-ring (bicyclic) bond motifs is 1. The summed E-state index contributed by atoms with van der Waals surface area (Å²) in [6.45, 7) is 0. The number of aromatic nitrogens is 1. The van der Waals surface area contributed by atoms with E-state index in [-0.39, 0.29) is 0 Å². The zero-order valence-electron chi connectivity index (χ0n) is 7.88. The first-order valence-electron chi connectivity index (χ1n) is 4.56. The van der Waals surface area contributed by atoms with Gasteiger partial charge in [-0.1, -0.05) is 12.1 Å². The lowest BCUT2D eigenvalue weighted by Gasteiger charge is -2.12. The summed E-state index contributed by atoms with van der Waals surface area (Å²) in [5, 5.41) is 28.3. The van der Waals surface area contributed by atoms with Crippen LogP contribution in [0.5, 0.6) is 0 Å². The third-order valence-corrected chi connectivity index (χ3v) is 2.38. The fourth-order valence-corrected chi connectivity index (χ4v) is 1.61. The Balaban J connectivity index is 2.52. The molecule has 2 unspecified atom stereocenters. The fourth-order valence-electron chi connectivity index (χ4n) is 1.61. The Morgan fingerprint density at radius 1 is 1.27 bits per heavy atom. The maximum atomic E-state index is 9.72. The number of aliphatic hydroxyl groups excluding tert-OH is 2. The number of nitriles is 1. The largest absolute Gasteiger partial charge is 0.385 e. The van der Waals surface area contributed by atoms with Crippen LogP contribution in [0, 0.1) is 11.3 Å². The molecule has 0 bridgehead atoms. The van der Waals surface area contributed by atoms with E-state index in [4.69, 9.17) is 5.26 Å². The molecule has 0 spiro atoms. The van der Waals surface area contributed by atoms with E-state index >= 15 is 0 Å². The van der Waals surface area contributed by atoms with Crippen LogP contribution >= 0.6 is 0 Å². The second-order valence-electron chi connectivity index (χ2n) is 3.30. The van der Waals surface area contributed by atoms with E-state index in [0.717, 1.165) is 10.9 Å². The van der Waals surface area contributed by atoms with Crippen molar-refractivity contribution in [2.45, 2.75) is 12.2 Å². The molecule has 2 atom stereocenters. The molecule has 4 heteroatoms. The number of benzene rings is 1. The molecule has 0 aliphatic carbocycles. The topological polar surface area (TPSA) is 80.0 Å². The summed E-state index contributed by atoms with van der Waals surface area (Å²) in [6.07, 6.45) is -0.820. The Kier molecular flexibility index (Phi) is 2.42. The molecule has 0 aliphatic rings. The number of nitrogens with one attached hydrogen (secondary N) is 1. The van der Waals surface area contributed by atoms with Crippen molar-refractivity contribution in [1.82, 2.24) is 4.98 Å². The van der Waals surface area contributed by atoms with Crippen LogP contribution in [-0.4, -0.2) is 21.3 Å². The van der Waals surface area contributed by atoms with Gasteiger partial charge in [0, 0.05) is 17.1 Å². The highest BCUT2D eigenvalue weighted by Crippen LogP contribution is 2.25. The number of nitrogens with zero attached hydrogens (tertiary/aromatic N) is 1. The van der Waals surface area contributed by atoms with Crippen molar-refractivity contribution in [2.24, 2.45) is 0 Å². The predicted molar refractivity (Wildman–Crippen MR) is 54.9 cm³/mol. The molecular weight excluding hydrogens is 192 g/mol. The van der Waals surface area contributed by atoms with E-state index in [1.807, 2.05) is 6.07 Å². The van der Waals surface area contributed by atoms with Crippen molar-refractivity contribution in [2.75, 3.05) is 0 Å². The third-order valence-electron chi connectivity index (χ3n) is 2.38. The lowest BCUT2D eigenvalue weighted by molar-refractivity contribution is 0.0538. The highest BCUT2D eigenvalue weighted by molar-refractivity contribution is 5.83. The standard InChI is InChI=1S/C11H10N2O2/c12-6-10(14)11(15)8-2-1-3-9-7(8)4-5-13-9/h1-5,10-11,13-15H. The lowest BCUT2D eigenvalue weighted by Crippen LogP contribution is -2.15. The van der Waals surface area contributed by atoms with Crippen molar-refractivity contribution in [3.05, 3.63) is 36.0 Å². The second kappa shape index (κ2) is 3.73. The third kappa shape index (κ3) is 1.59. The van der Waals surface area contributed by atoms with Gasteiger partial charge in [0.25, 0.3) is 0 Å². The molecule has 15 heavy (non-hydrogen) atoms. The molecule has 0 amide bonds. The Hall–Kier alpha value is -1.83. The zero-order chi connectivity index (χ0) is 10.8. The molecule has 0 aliphatic heterocycles. The van der Waals surface area contributed by atoms with Gasteiger partial charge >= 0.3 is 0 Å². The molecule has 1 aromatic carbocycles. The summed E-state index contributed by atoms with van der Waals surface area (Å²) in [4.78, 5) is 3.00. The quantitative estimate of drug-likeness (QED) is 0.637. The van der Waals surface area contributed by atoms with Crippen LogP contribution in [0.15, 0.2) is 30.5 Å². The lowest BCUT2D eigenvalue weighted by atomic mass is 10.0. The van der Waals surface area contributed by atoms with E-state index in [1.54, 1.807) is 30.5 Å². The normalized spacial score (nSPS) is 14.7. The second-order valence-corrected chi connectivity index (χ2v) is 3.30. The number of hydrogen-bond donors (Lipinski definition) is 3. The minimum absolute atomic E-state index is 0.558. The Morgan fingerprint density at radius 3 is 2.80 bits per heavy atom. The molecule has 0 fully saturated rings. The summed E-state index contributed by atoms with van der Waals surface area (Å²) in [6, 6.07) is 8.75. The van der Waals surface area contributed by atoms with Gasteiger partial charge in [-0.3, -0.25) is 0 Å². The van der Waals surface area contributed by atoms with Crippen LogP contribution in [0.2, 0.25) is 0 Å². The number of rotatable bonds is 2. The van der Waals surface area contributed by atoms with Crippen LogP contribution in [0.25, 0.3) is 10.9 Å². The maximum Gasteiger partial charge on any atom is 0.170 e.